The number of likely N-dealkylation sites (tertiary alicyclic amines) is 1. The molecule has 1 aliphatic rings. The van der Waals surface area contributed by atoms with Gasteiger partial charge in [-0.1, -0.05) is 29.8 Å². The summed E-state index contributed by atoms with van der Waals surface area (Å²) < 4.78 is 0. The molecule has 2 aromatic heterocycles. The lowest BCUT2D eigenvalue weighted by Gasteiger charge is -2.22. The van der Waals surface area contributed by atoms with E-state index in [2.05, 4.69) is 22.3 Å². The number of aryl methyl sites for hydroxylation is 1. The molecule has 1 atom stereocenters. The first-order valence-corrected chi connectivity index (χ1v) is 12.5. The number of carbonyl (C=O) groups excluding carboxylic acids is 1. The number of imidazole rings is 1. The number of halogens is 1. The second-order valence-corrected chi connectivity index (χ2v) is 10.0. The lowest BCUT2D eigenvalue weighted by atomic mass is 10.1. The Balaban J connectivity index is 1.52. The molecular formula is C23H21ClN4OS2. The van der Waals surface area contributed by atoms with E-state index in [4.69, 9.17) is 16.6 Å². The molecule has 2 aromatic carbocycles. The van der Waals surface area contributed by atoms with E-state index < -0.39 is 0 Å². The van der Waals surface area contributed by atoms with Crippen LogP contribution in [0.4, 0.5) is 0 Å². The smallest absolute Gasteiger partial charge is 0.274 e. The zero-order valence-electron chi connectivity index (χ0n) is 17.2. The average molecular weight is 469 g/mol. The summed E-state index contributed by atoms with van der Waals surface area (Å²) in [5.74, 6) is 0.797. The number of H-pyrrole nitrogens is 1. The minimum absolute atomic E-state index is 0.0487. The molecule has 0 saturated carbocycles. The number of hydrogen-bond donors (Lipinski definition) is 1. The molecule has 8 heteroatoms. The van der Waals surface area contributed by atoms with Crippen LogP contribution in [0, 0.1) is 6.92 Å². The summed E-state index contributed by atoms with van der Waals surface area (Å²) in [5, 5.41) is 1.51. The van der Waals surface area contributed by atoms with Crippen molar-refractivity contribution in [1.82, 2.24) is 19.9 Å². The Kier molecular flexibility index (Phi) is 5.50. The van der Waals surface area contributed by atoms with Gasteiger partial charge in [0, 0.05) is 16.5 Å². The van der Waals surface area contributed by atoms with Gasteiger partial charge in [-0.25, -0.2) is 9.97 Å². The van der Waals surface area contributed by atoms with Crippen molar-refractivity contribution < 1.29 is 4.79 Å². The molecule has 1 fully saturated rings. The van der Waals surface area contributed by atoms with Gasteiger partial charge in [-0.15, -0.1) is 23.1 Å². The van der Waals surface area contributed by atoms with E-state index in [-0.39, 0.29) is 11.9 Å². The number of nitrogens with zero attached hydrogens (tertiary/aromatic N) is 3. The van der Waals surface area contributed by atoms with Crippen molar-refractivity contribution in [2.24, 2.45) is 0 Å². The van der Waals surface area contributed by atoms with E-state index in [0.717, 1.165) is 50.0 Å². The van der Waals surface area contributed by atoms with Gasteiger partial charge in [0.2, 0.25) is 0 Å². The third kappa shape index (κ3) is 3.75. The van der Waals surface area contributed by atoms with Gasteiger partial charge in [0.15, 0.2) is 0 Å². The van der Waals surface area contributed by atoms with Crippen molar-refractivity contribution in [2.45, 2.75) is 30.7 Å². The van der Waals surface area contributed by atoms with Crippen molar-refractivity contribution >= 4 is 51.6 Å². The molecule has 1 saturated heterocycles. The number of para-hydroxylation sites is 1. The van der Waals surface area contributed by atoms with Crippen molar-refractivity contribution in [1.29, 1.82) is 0 Å². The molecule has 0 bridgehead atoms. The van der Waals surface area contributed by atoms with Crippen LogP contribution < -0.4 is 0 Å². The van der Waals surface area contributed by atoms with Gasteiger partial charge >= 0.3 is 0 Å². The maximum Gasteiger partial charge on any atom is 0.274 e. The van der Waals surface area contributed by atoms with Crippen molar-refractivity contribution in [3.8, 4) is 10.4 Å². The Morgan fingerprint density at radius 2 is 2.10 bits per heavy atom. The maximum absolute atomic E-state index is 13.7. The highest BCUT2D eigenvalue weighted by Gasteiger charge is 2.35. The summed E-state index contributed by atoms with van der Waals surface area (Å²) in [6.07, 6.45) is 3.88. The molecular weight excluding hydrogens is 448 g/mol. The molecule has 3 heterocycles. The van der Waals surface area contributed by atoms with Crippen LogP contribution in [0.3, 0.4) is 0 Å². The van der Waals surface area contributed by atoms with E-state index in [1.165, 1.54) is 11.3 Å². The predicted octanol–water partition coefficient (Wildman–Crippen LogP) is 6.35. The minimum atomic E-state index is -0.0798. The molecule has 0 spiro atoms. The molecule has 5 nitrogen and oxygen atoms in total. The highest BCUT2D eigenvalue weighted by molar-refractivity contribution is 7.98. The zero-order chi connectivity index (χ0) is 21.5. The Morgan fingerprint density at radius 3 is 2.90 bits per heavy atom. The monoisotopic (exact) mass is 468 g/mol. The van der Waals surface area contributed by atoms with Gasteiger partial charge in [-0.2, -0.15) is 0 Å². The van der Waals surface area contributed by atoms with Gasteiger partial charge in [0.1, 0.15) is 17.0 Å². The summed E-state index contributed by atoms with van der Waals surface area (Å²) in [6.45, 7) is 2.63. The second kappa shape index (κ2) is 8.30. The third-order valence-electron chi connectivity index (χ3n) is 5.57. The molecule has 158 valence electrons. The van der Waals surface area contributed by atoms with Crippen LogP contribution in [0.5, 0.6) is 0 Å². The van der Waals surface area contributed by atoms with Crippen molar-refractivity contribution in [2.75, 3.05) is 12.8 Å². The van der Waals surface area contributed by atoms with Crippen LogP contribution in [0.1, 0.15) is 40.2 Å². The highest BCUT2D eigenvalue weighted by Crippen LogP contribution is 2.37. The zero-order valence-corrected chi connectivity index (χ0v) is 19.6. The van der Waals surface area contributed by atoms with E-state index in [0.29, 0.717) is 17.3 Å². The first kappa shape index (κ1) is 20.5. The molecule has 1 aliphatic heterocycles. The first-order chi connectivity index (χ1) is 15.0. The molecule has 0 aliphatic carbocycles. The average Bonchev–Trinajstić information content (AvgIpc) is 3.50. The number of aromatic nitrogens is 3. The fraction of sp³-hybridized carbons (Fsp3) is 0.261. The van der Waals surface area contributed by atoms with Gasteiger partial charge in [-0.05, 0) is 55.9 Å². The summed E-state index contributed by atoms with van der Waals surface area (Å²) in [7, 11) is 0. The molecule has 1 unspecified atom stereocenters. The predicted molar refractivity (Wildman–Crippen MR) is 128 cm³/mol. The van der Waals surface area contributed by atoms with E-state index >= 15 is 0 Å². The number of hydrogen-bond acceptors (Lipinski definition) is 5. The number of benzene rings is 2. The van der Waals surface area contributed by atoms with E-state index in [1.54, 1.807) is 11.8 Å². The van der Waals surface area contributed by atoms with Crippen molar-refractivity contribution in [3.05, 3.63) is 64.0 Å². The SMILES string of the molecule is CSc1cccc2[nH]c(C3CCCN3C(=O)c3nc(C)sc3-c3cccc(Cl)c3)nc12. The van der Waals surface area contributed by atoms with Crippen LogP contribution in [0.15, 0.2) is 47.4 Å². The number of amides is 1. The van der Waals surface area contributed by atoms with Crippen LogP contribution in [-0.2, 0) is 0 Å². The van der Waals surface area contributed by atoms with E-state index in [1.807, 2.05) is 48.2 Å². The Bertz CT molecular complexity index is 1280. The third-order valence-corrected chi connectivity index (χ3v) is 7.59. The normalized spacial score (nSPS) is 16.4. The number of nitrogens with one attached hydrogen (secondary N) is 1. The summed E-state index contributed by atoms with van der Waals surface area (Å²) in [4.78, 5) is 30.5. The van der Waals surface area contributed by atoms with Gasteiger partial charge in [0.25, 0.3) is 5.91 Å². The Morgan fingerprint density at radius 1 is 1.26 bits per heavy atom. The number of thioether (sulfide) groups is 1. The lowest BCUT2D eigenvalue weighted by molar-refractivity contribution is 0.0726. The van der Waals surface area contributed by atoms with Gasteiger partial charge in [0.05, 0.1) is 21.4 Å². The Labute approximate surface area is 193 Å². The standard InChI is InChI=1S/C23H21ClN4OS2/c1-13-25-20(21(31-13)14-6-3-7-15(24)12-14)23(29)28-11-5-9-17(28)22-26-16-8-4-10-18(30-2)19(16)27-22/h3-4,6-8,10,12,17H,5,9,11H2,1-2H3,(H,26,27). The van der Waals surface area contributed by atoms with Crippen LogP contribution in [0.2, 0.25) is 5.02 Å². The van der Waals surface area contributed by atoms with Gasteiger partial charge < -0.3 is 9.88 Å². The van der Waals surface area contributed by atoms with Gasteiger partial charge in [-0.3, -0.25) is 4.79 Å². The number of aromatic amines is 1. The topological polar surface area (TPSA) is 61.9 Å². The van der Waals surface area contributed by atoms with Crippen LogP contribution in [0.25, 0.3) is 21.5 Å². The maximum atomic E-state index is 13.7. The second-order valence-electron chi connectivity index (χ2n) is 7.56. The largest absolute Gasteiger partial charge is 0.340 e. The molecule has 4 aromatic rings. The van der Waals surface area contributed by atoms with Crippen LogP contribution >= 0.6 is 34.7 Å². The quantitative estimate of drug-likeness (QED) is 0.354. The minimum Gasteiger partial charge on any atom is -0.340 e. The summed E-state index contributed by atoms with van der Waals surface area (Å²) in [6, 6.07) is 13.7. The summed E-state index contributed by atoms with van der Waals surface area (Å²) in [5.41, 5.74) is 3.39. The molecule has 1 N–H and O–H groups in total. The number of thiazole rings is 1. The fourth-order valence-electron chi connectivity index (χ4n) is 4.17. The fourth-order valence-corrected chi connectivity index (χ4v) is 5.84. The molecule has 0 radical (unpaired) electrons. The Hall–Kier alpha value is -2.35. The molecule has 5 rings (SSSR count). The first-order valence-electron chi connectivity index (χ1n) is 10.1. The number of carbonyl (C=O) groups is 1. The number of fused-ring (bicyclic) bond motifs is 1. The van der Waals surface area contributed by atoms with E-state index in [9.17, 15) is 4.79 Å². The summed E-state index contributed by atoms with van der Waals surface area (Å²) >= 11 is 9.41. The lowest BCUT2D eigenvalue weighted by Crippen LogP contribution is -2.31. The molecule has 31 heavy (non-hydrogen) atoms. The van der Waals surface area contributed by atoms with Crippen LogP contribution in [-0.4, -0.2) is 38.6 Å². The number of rotatable bonds is 4. The van der Waals surface area contributed by atoms with Crippen molar-refractivity contribution in [3.63, 3.8) is 0 Å². The molecule has 1 amide bonds. The highest BCUT2D eigenvalue weighted by atomic mass is 35.5.